The van der Waals surface area contributed by atoms with Crippen LogP contribution in [0.5, 0.6) is 5.75 Å². The number of likely N-dealkylation sites (tertiary alicyclic amines) is 1. The smallest absolute Gasteiger partial charge is 0.261 e. The highest BCUT2D eigenvalue weighted by Gasteiger charge is 2.33. The van der Waals surface area contributed by atoms with Gasteiger partial charge in [0, 0.05) is 13.7 Å². The zero-order valence-electron chi connectivity index (χ0n) is 15.7. The van der Waals surface area contributed by atoms with Crippen LogP contribution in [0.4, 0.5) is 0 Å². The number of methoxy groups -OCH3 is 1. The van der Waals surface area contributed by atoms with Crippen LogP contribution in [0.2, 0.25) is 0 Å². The van der Waals surface area contributed by atoms with Crippen LogP contribution >= 0.6 is 0 Å². The third-order valence-electron chi connectivity index (χ3n) is 4.36. The highest BCUT2D eigenvalue weighted by atomic mass is 16.5. The van der Waals surface area contributed by atoms with Crippen molar-refractivity contribution in [1.29, 1.82) is 0 Å². The summed E-state index contributed by atoms with van der Waals surface area (Å²) in [5.74, 6) is 1.52. The molecule has 3 rings (SSSR count). The molecular formula is C19H25N3O5. The number of aryl methyl sites for hydroxylation is 1. The van der Waals surface area contributed by atoms with Crippen molar-refractivity contribution < 1.29 is 23.5 Å². The lowest BCUT2D eigenvalue weighted by Crippen LogP contribution is -2.34. The minimum atomic E-state index is -0.185. The predicted molar refractivity (Wildman–Crippen MR) is 96.2 cm³/mol. The van der Waals surface area contributed by atoms with Crippen molar-refractivity contribution in [3.8, 4) is 5.75 Å². The van der Waals surface area contributed by atoms with Crippen molar-refractivity contribution in [3.63, 3.8) is 0 Å². The van der Waals surface area contributed by atoms with Gasteiger partial charge >= 0.3 is 0 Å². The highest BCUT2D eigenvalue weighted by Crippen LogP contribution is 2.30. The molecule has 0 saturated carbocycles. The lowest BCUT2D eigenvalue weighted by molar-refractivity contribution is -0.134. The van der Waals surface area contributed by atoms with E-state index in [0.29, 0.717) is 37.2 Å². The van der Waals surface area contributed by atoms with E-state index in [1.807, 2.05) is 31.2 Å². The maximum Gasteiger partial charge on any atom is 0.261 e. The van der Waals surface area contributed by atoms with E-state index < -0.39 is 0 Å². The zero-order valence-corrected chi connectivity index (χ0v) is 15.7. The normalized spacial score (nSPS) is 16.7. The number of aromatic nitrogens is 2. The fourth-order valence-corrected chi connectivity index (χ4v) is 3.03. The number of hydrogen-bond acceptors (Lipinski definition) is 7. The topological polar surface area (TPSA) is 86.9 Å². The largest absolute Gasteiger partial charge is 0.484 e. The van der Waals surface area contributed by atoms with Crippen LogP contribution < -0.4 is 4.74 Å². The molecule has 27 heavy (non-hydrogen) atoms. The standard InChI is InChI=1S/C19H25N3O5/c1-14-5-3-6-15(11-14)26-13-18(23)22-8-4-7-16(22)19-20-17(27-21-19)12-25-10-9-24-2/h3,5-6,11,16H,4,7-10,12-13H2,1-2H3. The molecule has 0 spiro atoms. The Morgan fingerprint density at radius 1 is 1.37 bits per heavy atom. The van der Waals surface area contributed by atoms with Crippen LogP contribution in [0.15, 0.2) is 28.8 Å². The molecule has 0 N–H and O–H groups in total. The lowest BCUT2D eigenvalue weighted by Gasteiger charge is -2.22. The molecule has 1 fully saturated rings. The molecule has 0 bridgehead atoms. The molecule has 1 amide bonds. The molecule has 1 aliphatic rings. The van der Waals surface area contributed by atoms with Gasteiger partial charge in [-0.3, -0.25) is 4.79 Å². The molecule has 1 atom stereocenters. The van der Waals surface area contributed by atoms with E-state index >= 15 is 0 Å². The van der Waals surface area contributed by atoms with Gasteiger partial charge in [-0.2, -0.15) is 4.98 Å². The van der Waals surface area contributed by atoms with Crippen LogP contribution in [0.1, 0.15) is 36.2 Å². The lowest BCUT2D eigenvalue weighted by atomic mass is 10.2. The molecule has 1 aromatic carbocycles. The Morgan fingerprint density at radius 3 is 3.07 bits per heavy atom. The first kappa shape index (κ1) is 19.3. The van der Waals surface area contributed by atoms with Crippen molar-refractivity contribution >= 4 is 5.91 Å². The monoisotopic (exact) mass is 375 g/mol. The van der Waals surface area contributed by atoms with Gasteiger partial charge in [-0.15, -0.1) is 0 Å². The minimum absolute atomic E-state index is 0.00914. The number of amides is 1. The summed E-state index contributed by atoms with van der Waals surface area (Å²) < 4.78 is 21.2. The molecule has 8 nitrogen and oxygen atoms in total. The Kier molecular flexibility index (Phi) is 6.78. The Labute approximate surface area is 158 Å². The molecule has 1 unspecified atom stereocenters. The van der Waals surface area contributed by atoms with Crippen LogP contribution in [-0.4, -0.2) is 54.4 Å². The van der Waals surface area contributed by atoms with Crippen molar-refractivity contribution in [1.82, 2.24) is 15.0 Å². The van der Waals surface area contributed by atoms with Gasteiger partial charge in [0.05, 0.1) is 19.3 Å². The summed E-state index contributed by atoms with van der Waals surface area (Å²) in [6.45, 7) is 3.83. The van der Waals surface area contributed by atoms with Gasteiger partial charge in [0.1, 0.15) is 12.4 Å². The number of nitrogens with zero attached hydrogens (tertiary/aromatic N) is 3. The predicted octanol–water partition coefficient (Wildman–Crippen LogP) is 2.28. The number of carbonyl (C=O) groups excluding carboxylic acids is 1. The van der Waals surface area contributed by atoms with E-state index in [0.717, 1.165) is 18.4 Å². The number of benzene rings is 1. The third kappa shape index (κ3) is 5.27. The number of carbonyl (C=O) groups is 1. The Balaban J connectivity index is 1.55. The first-order valence-electron chi connectivity index (χ1n) is 9.05. The summed E-state index contributed by atoms with van der Waals surface area (Å²) in [7, 11) is 1.61. The molecule has 0 radical (unpaired) electrons. The molecule has 1 aliphatic heterocycles. The van der Waals surface area contributed by atoms with Crippen LogP contribution in [-0.2, 0) is 20.9 Å². The van der Waals surface area contributed by atoms with Crippen LogP contribution in [0.3, 0.4) is 0 Å². The fourth-order valence-electron chi connectivity index (χ4n) is 3.03. The summed E-state index contributed by atoms with van der Waals surface area (Å²) >= 11 is 0. The maximum atomic E-state index is 12.6. The van der Waals surface area contributed by atoms with Crippen molar-refractivity contribution in [2.45, 2.75) is 32.4 Å². The molecule has 146 valence electrons. The molecule has 8 heteroatoms. The summed E-state index contributed by atoms with van der Waals surface area (Å²) in [6, 6.07) is 7.46. The zero-order chi connectivity index (χ0) is 19.1. The van der Waals surface area contributed by atoms with Crippen molar-refractivity contribution in [2.75, 3.05) is 33.5 Å². The van der Waals surface area contributed by atoms with Gasteiger partial charge < -0.3 is 23.6 Å². The van der Waals surface area contributed by atoms with Gasteiger partial charge in [-0.1, -0.05) is 17.3 Å². The van der Waals surface area contributed by atoms with E-state index in [1.54, 1.807) is 12.0 Å². The van der Waals surface area contributed by atoms with Gasteiger partial charge in [0.15, 0.2) is 12.4 Å². The summed E-state index contributed by atoms with van der Waals surface area (Å²) in [5.41, 5.74) is 1.09. The molecular weight excluding hydrogens is 350 g/mol. The van der Waals surface area contributed by atoms with Gasteiger partial charge in [-0.25, -0.2) is 0 Å². The Morgan fingerprint density at radius 2 is 2.26 bits per heavy atom. The summed E-state index contributed by atoms with van der Waals surface area (Å²) in [4.78, 5) is 18.7. The Bertz CT molecular complexity index is 748. The molecule has 2 aromatic rings. The number of ether oxygens (including phenoxy) is 3. The van der Waals surface area contributed by atoms with Gasteiger partial charge in [0.2, 0.25) is 0 Å². The van der Waals surface area contributed by atoms with Gasteiger partial charge in [-0.05, 0) is 37.5 Å². The van der Waals surface area contributed by atoms with E-state index in [2.05, 4.69) is 10.1 Å². The number of rotatable bonds is 9. The van der Waals surface area contributed by atoms with E-state index in [9.17, 15) is 4.79 Å². The van der Waals surface area contributed by atoms with E-state index in [4.69, 9.17) is 18.7 Å². The second-order valence-corrected chi connectivity index (χ2v) is 6.44. The van der Waals surface area contributed by atoms with Gasteiger partial charge in [0.25, 0.3) is 11.8 Å². The fraction of sp³-hybridized carbons (Fsp3) is 0.526. The minimum Gasteiger partial charge on any atom is -0.484 e. The third-order valence-corrected chi connectivity index (χ3v) is 4.36. The summed E-state index contributed by atoms with van der Waals surface area (Å²) in [6.07, 6.45) is 1.70. The Hall–Kier alpha value is -2.45. The average molecular weight is 375 g/mol. The molecule has 0 aliphatic carbocycles. The van der Waals surface area contributed by atoms with Crippen molar-refractivity contribution in [2.24, 2.45) is 0 Å². The molecule has 1 aromatic heterocycles. The molecule has 2 heterocycles. The quantitative estimate of drug-likeness (QED) is 0.621. The molecule has 1 saturated heterocycles. The highest BCUT2D eigenvalue weighted by molar-refractivity contribution is 5.78. The SMILES string of the molecule is COCCOCc1nc(C2CCCN2C(=O)COc2cccc(C)c2)no1. The van der Waals surface area contributed by atoms with Crippen LogP contribution in [0, 0.1) is 6.92 Å². The second kappa shape index (κ2) is 9.48. The van der Waals surface area contributed by atoms with E-state index in [1.165, 1.54) is 0 Å². The first-order valence-corrected chi connectivity index (χ1v) is 9.05. The maximum absolute atomic E-state index is 12.6. The number of hydrogen-bond donors (Lipinski definition) is 0. The summed E-state index contributed by atoms with van der Waals surface area (Å²) in [5, 5.41) is 4.03. The van der Waals surface area contributed by atoms with E-state index in [-0.39, 0.29) is 25.2 Å². The second-order valence-electron chi connectivity index (χ2n) is 6.44. The average Bonchev–Trinajstić information content (AvgIpc) is 3.32. The van der Waals surface area contributed by atoms with Crippen LogP contribution in [0.25, 0.3) is 0 Å². The first-order chi connectivity index (χ1) is 13.2. The van der Waals surface area contributed by atoms with Crippen molar-refractivity contribution in [3.05, 3.63) is 41.5 Å².